The fourth-order valence-corrected chi connectivity index (χ4v) is 2.76. The van der Waals surface area contributed by atoms with Gasteiger partial charge in [0.05, 0.1) is 5.92 Å². The zero-order valence-corrected chi connectivity index (χ0v) is 12.8. The van der Waals surface area contributed by atoms with Gasteiger partial charge in [-0.25, -0.2) is 0 Å². The van der Waals surface area contributed by atoms with E-state index < -0.39 is 0 Å². The molecule has 0 spiro atoms. The quantitative estimate of drug-likeness (QED) is 0.914. The van der Waals surface area contributed by atoms with Crippen LogP contribution in [0.15, 0.2) is 30.3 Å². The van der Waals surface area contributed by atoms with Crippen molar-refractivity contribution in [3.05, 3.63) is 40.9 Å². The topological polar surface area (TPSA) is 54.9 Å². The monoisotopic (exact) mass is 289 g/mol. The maximum Gasteiger partial charge on any atom is 0.234 e. The first kappa shape index (κ1) is 14.7. The number of amides is 1. The van der Waals surface area contributed by atoms with Crippen LogP contribution in [0, 0.1) is 12.8 Å². The fraction of sp³-hybridized carbons (Fsp3) is 0.400. The molecule has 0 aliphatic heterocycles. The molecule has 0 radical (unpaired) electrons. The minimum atomic E-state index is -0.162. The minimum Gasteiger partial charge on any atom is -0.300 e. The number of anilines is 1. The smallest absolute Gasteiger partial charge is 0.234 e. The third kappa shape index (κ3) is 3.42. The summed E-state index contributed by atoms with van der Waals surface area (Å²) >= 11 is 1.39. The molecule has 0 unspecified atom stereocenters. The number of rotatable bonds is 5. The Kier molecular flexibility index (Phi) is 4.84. The first-order valence-corrected chi connectivity index (χ1v) is 7.59. The highest BCUT2D eigenvalue weighted by Crippen LogP contribution is 2.28. The average Bonchev–Trinajstić information content (AvgIpc) is 2.85. The fourth-order valence-electron chi connectivity index (χ4n) is 2.16. The van der Waals surface area contributed by atoms with Gasteiger partial charge in [0.15, 0.2) is 0 Å². The Morgan fingerprint density at radius 1 is 1.30 bits per heavy atom. The summed E-state index contributed by atoms with van der Waals surface area (Å²) in [5.41, 5.74) is 1.04. The van der Waals surface area contributed by atoms with Crippen molar-refractivity contribution in [2.75, 3.05) is 5.32 Å². The lowest BCUT2D eigenvalue weighted by Gasteiger charge is -2.22. The van der Waals surface area contributed by atoms with Crippen molar-refractivity contribution < 1.29 is 4.79 Å². The second kappa shape index (κ2) is 6.61. The van der Waals surface area contributed by atoms with Gasteiger partial charge in [-0.3, -0.25) is 10.1 Å². The van der Waals surface area contributed by atoms with E-state index in [-0.39, 0.29) is 17.7 Å². The van der Waals surface area contributed by atoms with Crippen LogP contribution in [0.4, 0.5) is 5.13 Å². The van der Waals surface area contributed by atoms with Crippen LogP contribution in [-0.4, -0.2) is 16.1 Å². The van der Waals surface area contributed by atoms with Gasteiger partial charge < -0.3 is 0 Å². The summed E-state index contributed by atoms with van der Waals surface area (Å²) < 4.78 is 0. The molecular formula is C15H19N3OS. The molecule has 0 bridgehead atoms. The summed E-state index contributed by atoms with van der Waals surface area (Å²) in [5.74, 6) is 0.0959. The van der Waals surface area contributed by atoms with Gasteiger partial charge in [-0.05, 0) is 18.4 Å². The lowest BCUT2D eigenvalue weighted by molar-refractivity contribution is -0.118. The highest BCUT2D eigenvalue weighted by atomic mass is 32.1. The second-order valence-electron chi connectivity index (χ2n) is 4.89. The number of nitrogens with zero attached hydrogens (tertiary/aromatic N) is 2. The number of hydrogen-bond acceptors (Lipinski definition) is 4. The first-order chi connectivity index (χ1) is 9.61. The van der Waals surface area contributed by atoms with Gasteiger partial charge in [0.2, 0.25) is 11.0 Å². The molecule has 0 fully saturated rings. The maximum atomic E-state index is 12.6. The van der Waals surface area contributed by atoms with E-state index in [2.05, 4.69) is 29.4 Å². The van der Waals surface area contributed by atoms with E-state index in [0.717, 1.165) is 17.0 Å². The van der Waals surface area contributed by atoms with E-state index in [1.54, 1.807) is 0 Å². The van der Waals surface area contributed by atoms with Crippen LogP contribution < -0.4 is 5.32 Å². The highest BCUT2D eigenvalue weighted by molar-refractivity contribution is 7.15. The van der Waals surface area contributed by atoms with Crippen molar-refractivity contribution in [2.45, 2.75) is 33.1 Å². The Bertz CT molecular complexity index is 568. The lowest BCUT2D eigenvalue weighted by atomic mass is 9.85. The molecule has 2 aromatic rings. The Hall–Kier alpha value is -1.75. The van der Waals surface area contributed by atoms with Crippen LogP contribution >= 0.6 is 11.3 Å². The number of carbonyl (C=O) groups is 1. The van der Waals surface area contributed by atoms with Crippen molar-refractivity contribution >= 4 is 22.4 Å². The van der Waals surface area contributed by atoms with Gasteiger partial charge in [0.25, 0.3) is 0 Å². The van der Waals surface area contributed by atoms with E-state index in [4.69, 9.17) is 0 Å². The molecule has 4 nitrogen and oxygen atoms in total. The van der Waals surface area contributed by atoms with Gasteiger partial charge in [0, 0.05) is 0 Å². The van der Waals surface area contributed by atoms with Crippen molar-refractivity contribution in [1.82, 2.24) is 10.2 Å². The SMILES string of the molecule is CC[C@H](C)[C@H](C(=O)Nc1nnc(C)s1)c1ccccc1. The molecule has 1 aromatic heterocycles. The number of benzene rings is 1. The van der Waals surface area contributed by atoms with Crippen molar-refractivity contribution in [3.63, 3.8) is 0 Å². The third-order valence-corrected chi connectivity index (χ3v) is 4.16. The second-order valence-corrected chi connectivity index (χ2v) is 6.07. The van der Waals surface area contributed by atoms with E-state index in [9.17, 15) is 4.79 Å². The third-order valence-electron chi connectivity index (χ3n) is 3.41. The molecule has 1 amide bonds. The Labute approximate surface area is 123 Å². The number of aromatic nitrogens is 2. The van der Waals surface area contributed by atoms with Crippen LogP contribution in [0.2, 0.25) is 0 Å². The van der Waals surface area contributed by atoms with Crippen LogP contribution in [0.5, 0.6) is 0 Å². The molecule has 20 heavy (non-hydrogen) atoms. The molecule has 0 aliphatic rings. The van der Waals surface area contributed by atoms with Crippen molar-refractivity contribution in [1.29, 1.82) is 0 Å². The summed E-state index contributed by atoms with van der Waals surface area (Å²) in [6.07, 6.45) is 0.947. The van der Waals surface area contributed by atoms with E-state index in [0.29, 0.717) is 5.13 Å². The number of nitrogens with one attached hydrogen (secondary N) is 1. The average molecular weight is 289 g/mol. The largest absolute Gasteiger partial charge is 0.300 e. The Balaban J connectivity index is 2.20. The molecule has 0 saturated heterocycles. The van der Waals surface area contributed by atoms with E-state index in [1.165, 1.54) is 11.3 Å². The molecule has 2 rings (SSSR count). The summed E-state index contributed by atoms with van der Waals surface area (Å²) in [4.78, 5) is 12.6. The Morgan fingerprint density at radius 2 is 2.00 bits per heavy atom. The van der Waals surface area contributed by atoms with Crippen LogP contribution in [-0.2, 0) is 4.79 Å². The highest BCUT2D eigenvalue weighted by Gasteiger charge is 2.26. The van der Waals surface area contributed by atoms with Crippen LogP contribution in [0.25, 0.3) is 0 Å². The normalized spacial score (nSPS) is 13.8. The molecule has 1 aromatic carbocycles. The van der Waals surface area contributed by atoms with Crippen LogP contribution in [0.1, 0.15) is 36.8 Å². The van der Waals surface area contributed by atoms with Crippen LogP contribution in [0.3, 0.4) is 0 Å². The molecule has 2 atom stereocenters. The number of aryl methyl sites for hydroxylation is 1. The summed E-state index contributed by atoms with van der Waals surface area (Å²) in [5, 5.41) is 12.2. The molecule has 0 saturated carbocycles. The number of carbonyl (C=O) groups excluding carboxylic acids is 1. The molecule has 0 aliphatic carbocycles. The standard InChI is InChI=1S/C15H19N3OS/c1-4-10(2)13(12-8-6-5-7-9-12)14(19)16-15-18-17-11(3)20-15/h5-10,13H,4H2,1-3H3,(H,16,18,19)/t10-,13-/m0/s1. The summed E-state index contributed by atoms with van der Waals surface area (Å²) in [6.45, 7) is 6.07. The number of hydrogen-bond donors (Lipinski definition) is 1. The maximum absolute atomic E-state index is 12.6. The summed E-state index contributed by atoms with van der Waals surface area (Å²) in [7, 11) is 0. The van der Waals surface area contributed by atoms with Crippen molar-refractivity contribution in [2.24, 2.45) is 5.92 Å². The van der Waals surface area contributed by atoms with E-state index in [1.807, 2.05) is 37.3 Å². The molecule has 1 heterocycles. The first-order valence-electron chi connectivity index (χ1n) is 6.77. The van der Waals surface area contributed by atoms with Gasteiger partial charge in [-0.2, -0.15) is 0 Å². The summed E-state index contributed by atoms with van der Waals surface area (Å²) in [6, 6.07) is 9.90. The predicted molar refractivity (Wildman–Crippen MR) is 81.9 cm³/mol. The molecule has 1 N–H and O–H groups in total. The molecule has 5 heteroatoms. The predicted octanol–water partition coefficient (Wildman–Crippen LogP) is 3.61. The minimum absolute atomic E-state index is 0.0123. The Morgan fingerprint density at radius 3 is 2.55 bits per heavy atom. The van der Waals surface area contributed by atoms with Crippen molar-refractivity contribution in [3.8, 4) is 0 Å². The van der Waals surface area contributed by atoms with Gasteiger partial charge in [0.1, 0.15) is 5.01 Å². The zero-order valence-electron chi connectivity index (χ0n) is 12.0. The van der Waals surface area contributed by atoms with Gasteiger partial charge in [-0.1, -0.05) is 61.9 Å². The van der Waals surface area contributed by atoms with Gasteiger partial charge in [-0.15, -0.1) is 10.2 Å². The lowest BCUT2D eigenvalue weighted by Crippen LogP contribution is -2.26. The molecular weight excluding hydrogens is 270 g/mol. The zero-order chi connectivity index (χ0) is 14.5. The molecule has 106 valence electrons. The van der Waals surface area contributed by atoms with E-state index >= 15 is 0 Å². The van der Waals surface area contributed by atoms with Gasteiger partial charge >= 0.3 is 0 Å².